The monoisotopic (exact) mass is 265 g/mol. The van der Waals surface area contributed by atoms with Gasteiger partial charge in [-0.3, -0.25) is 4.79 Å². The molecule has 88 valence electrons. The van der Waals surface area contributed by atoms with E-state index in [0.29, 0.717) is 11.3 Å². The maximum atomic E-state index is 11.2. The van der Waals surface area contributed by atoms with Gasteiger partial charge in [0.2, 0.25) is 0 Å². The van der Waals surface area contributed by atoms with Gasteiger partial charge in [0, 0.05) is 16.1 Å². The summed E-state index contributed by atoms with van der Waals surface area (Å²) in [6.07, 6.45) is 0. The minimum absolute atomic E-state index is 0.0224. The largest absolute Gasteiger partial charge is 0.398 e. The zero-order valence-electron chi connectivity index (χ0n) is 9.43. The standard InChI is InChI=1S/C11H11N3OS2/c1-6(15)9-4-3-8(5-10(9)12)16-11-13-7(2)14-17-11/h3-5H,12H2,1-2H3. The van der Waals surface area contributed by atoms with Crippen molar-refractivity contribution in [3.8, 4) is 0 Å². The smallest absolute Gasteiger partial charge is 0.174 e. The van der Waals surface area contributed by atoms with Crippen LogP contribution in [0.2, 0.25) is 0 Å². The average molecular weight is 265 g/mol. The minimum atomic E-state index is -0.0224. The zero-order valence-corrected chi connectivity index (χ0v) is 11.1. The van der Waals surface area contributed by atoms with Gasteiger partial charge >= 0.3 is 0 Å². The highest BCUT2D eigenvalue weighted by Crippen LogP contribution is 2.31. The molecule has 0 saturated carbocycles. The zero-order chi connectivity index (χ0) is 12.4. The topological polar surface area (TPSA) is 68.9 Å². The van der Waals surface area contributed by atoms with Crippen LogP contribution in [-0.2, 0) is 0 Å². The first-order chi connectivity index (χ1) is 8.06. The molecule has 1 heterocycles. The molecule has 0 bridgehead atoms. The van der Waals surface area contributed by atoms with Crippen molar-refractivity contribution >= 4 is 34.8 Å². The lowest BCUT2D eigenvalue weighted by Gasteiger charge is -2.03. The van der Waals surface area contributed by atoms with E-state index in [4.69, 9.17) is 5.73 Å². The Morgan fingerprint density at radius 3 is 2.76 bits per heavy atom. The Labute approximate surface area is 107 Å². The Kier molecular flexibility index (Phi) is 3.44. The highest BCUT2D eigenvalue weighted by molar-refractivity contribution is 8.01. The fourth-order valence-corrected chi connectivity index (χ4v) is 3.02. The van der Waals surface area contributed by atoms with Crippen LogP contribution >= 0.6 is 23.3 Å². The van der Waals surface area contributed by atoms with Crippen LogP contribution in [0.3, 0.4) is 0 Å². The third-order valence-electron chi connectivity index (χ3n) is 2.12. The highest BCUT2D eigenvalue weighted by Gasteiger charge is 2.08. The van der Waals surface area contributed by atoms with Gasteiger partial charge in [-0.25, -0.2) is 4.98 Å². The number of carbonyl (C=O) groups is 1. The van der Waals surface area contributed by atoms with E-state index in [-0.39, 0.29) is 5.78 Å². The summed E-state index contributed by atoms with van der Waals surface area (Å²) in [4.78, 5) is 16.4. The maximum Gasteiger partial charge on any atom is 0.174 e. The van der Waals surface area contributed by atoms with Crippen LogP contribution in [-0.4, -0.2) is 15.1 Å². The van der Waals surface area contributed by atoms with Gasteiger partial charge < -0.3 is 5.73 Å². The molecule has 0 atom stereocenters. The lowest BCUT2D eigenvalue weighted by Crippen LogP contribution is -1.99. The number of rotatable bonds is 3. The number of aromatic nitrogens is 2. The summed E-state index contributed by atoms with van der Waals surface area (Å²) >= 11 is 2.85. The summed E-state index contributed by atoms with van der Waals surface area (Å²) in [5, 5.41) is 0. The SMILES string of the molecule is CC(=O)c1ccc(Sc2nc(C)ns2)cc1N. The molecule has 6 heteroatoms. The van der Waals surface area contributed by atoms with Crippen molar-refractivity contribution in [2.75, 3.05) is 5.73 Å². The summed E-state index contributed by atoms with van der Waals surface area (Å²) in [6, 6.07) is 5.40. The molecule has 4 nitrogen and oxygen atoms in total. The van der Waals surface area contributed by atoms with Crippen molar-refractivity contribution in [3.05, 3.63) is 29.6 Å². The van der Waals surface area contributed by atoms with E-state index in [1.54, 1.807) is 12.1 Å². The molecule has 1 aromatic heterocycles. The van der Waals surface area contributed by atoms with Crippen LogP contribution in [0.25, 0.3) is 0 Å². The molecule has 0 spiro atoms. The molecule has 0 aliphatic carbocycles. The summed E-state index contributed by atoms with van der Waals surface area (Å²) in [5.74, 6) is 0.747. The number of nitrogens with zero attached hydrogens (tertiary/aromatic N) is 2. The van der Waals surface area contributed by atoms with Crippen LogP contribution in [0.5, 0.6) is 0 Å². The predicted molar refractivity (Wildman–Crippen MR) is 69.6 cm³/mol. The van der Waals surface area contributed by atoms with E-state index >= 15 is 0 Å². The van der Waals surface area contributed by atoms with Gasteiger partial charge in [-0.05, 0) is 43.6 Å². The Bertz CT molecular complexity index is 566. The molecular weight excluding hydrogens is 254 g/mol. The predicted octanol–water partition coefficient (Wildman–Crippen LogP) is 2.78. The second kappa shape index (κ2) is 4.85. The number of Topliss-reactive ketones (excluding diaryl/α,β-unsaturated/α-hetero) is 1. The van der Waals surface area contributed by atoms with Crippen LogP contribution in [0.1, 0.15) is 23.1 Å². The molecule has 0 aliphatic rings. The Morgan fingerprint density at radius 2 is 2.24 bits per heavy atom. The molecule has 0 fully saturated rings. The van der Waals surface area contributed by atoms with Crippen molar-refractivity contribution in [1.29, 1.82) is 0 Å². The van der Waals surface area contributed by atoms with Gasteiger partial charge in [0.25, 0.3) is 0 Å². The van der Waals surface area contributed by atoms with E-state index in [1.165, 1.54) is 30.2 Å². The van der Waals surface area contributed by atoms with Crippen molar-refractivity contribution in [2.24, 2.45) is 0 Å². The van der Waals surface area contributed by atoms with E-state index in [1.807, 2.05) is 13.0 Å². The first kappa shape index (κ1) is 12.1. The normalized spacial score (nSPS) is 10.5. The molecule has 2 N–H and O–H groups in total. The van der Waals surface area contributed by atoms with Gasteiger partial charge in [0.1, 0.15) is 5.82 Å². The highest BCUT2D eigenvalue weighted by atomic mass is 32.2. The van der Waals surface area contributed by atoms with Gasteiger partial charge in [0.15, 0.2) is 10.1 Å². The van der Waals surface area contributed by atoms with Gasteiger partial charge in [-0.15, -0.1) is 0 Å². The van der Waals surface area contributed by atoms with Gasteiger partial charge in [-0.1, -0.05) is 11.8 Å². The lowest BCUT2D eigenvalue weighted by molar-refractivity contribution is 0.101. The van der Waals surface area contributed by atoms with Gasteiger partial charge in [-0.2, -0.15) is 4.37 Å². The minimum Gasteiger partial charge on any atom is -0.398 e. The fourth-order valence-electron chi connectivity index (χ4n) is 1.35. The lowest BCUT2D eigenvalue weighted by atomic mass is 10.1. The first-order valence-corrected chi connectivity index (χ1v) is 6.54. The molecule has 0 saturated heterocycles. The number of anilines is 1. The number of hydrogen-bond donors (Lipinski definition) is 1. The number of nitrogens with two attached hydrogens (primary N) is 1. The number of benzene rings is 1. The summed E-state index contributed by atoms with van der Waals surface area (Å²) < 4.78 is 4.98. The summed E-state index contributed by atoms with van der Waals surface area (Å²) in [5.41, 5.74) is 6.88. The Hall–Kier alpha value is -1.40. The third kappa shape index (κ3) is 2.83. The molecule has 1 aromatic carbocycles. The first-order valence-electron chi connectivity index (χ1n) is 4.95. The second-order valence-corrected chi connectivity index (χ2v) is 5.59. The average Bonchev–Trinajstić information content (AvgIpc) is 2.63. The number of nitrogen functional groups attached to an aromatic ring is 1. The molecule has 2 rings (SSSR count). The van der Waals surface area contributed by atoms with E-state index in [2.05, 4.69) is 9.36 Å². The number of hydrogen-bond acceptors (Lipinski definition) is 6. The third-order valence-corrected chi connectivity index (χ3v) is 3.95. The van der Waals surface area contributed by atoms with Crippen LogP contribution < -0.4 is 5.73 Å². The van der Waals surface area contributed by atoms with Crippen molar-refractivity contribution in [3.63, 3.8) is 0 Å². The van der Waals surface area contributed by atoms with E-state index in [9.17, 15) is 4.79 Å². The van der Waals surface area contributed by atoms with Crippen LogP contribution in [0, 0.1) is 6.92 Å². The second-order valence-electron chi connectivity index (χ2n) is 3.51. The summed E-state index contributed by atoms with van der Waals surface area (Å²) in [6.45, 7) is 3.36. The maximum absolute atomic E-state index is 11.2. The summed E-state index contributed by atoms with van der Waals surface area (Å²) in [7, 11) is 0. The fraction of sp³-hybridized carbons (Fsp3) is 0.182. The molecular formula is C11H11N3OS2. The quantitative estimate of drug-likeness (QED) is 0.682. The van der Waals surface area contributed by atoms with Crippen LogP contribution in [0.4, 0.5) is 5.69 Å². The molecule has 17 heavy (non-hydrogen) atoms. The molecule has 0 radical (unpaired) electrons. The van der Waals surface area contributed by atoms with Crippen molar-refractivity contribution in [1.82, 2.24) is 9.36 Å². The van der Waals surface area contributed by atoms with E-state index in [0.717, 1.165) is 15.1 Å². The van der Waals surface area contributed by atoms with Crippen molar-refractivity contribution < 1.29 is 4.79 Å². The Balaban J connectivity index is 2.23. The molecule has 0 amide bonds. The van der Waals surface area contributed by atoms with Crippen LogP contribution in [0.15, 0.2) is 27.4 Å². The Morgan fingerprint density at radius 1 is 1.47 bits per heavy atom. The number of aryl methyl sites for hydroxylation is 1. The van der Waals surface area contributed by atoms with E-state index < -0.39 is 0 Å². The van der Waals surface area contributed by atoms with Crippen molar-refractivity contribution in [2.45, 2.75) is 23.1 Å². The molecule has 0 unspecified atom stereocenters. The molecule has 2 aromatic rings. The van der Waals surface area contributed by atoms with Gasteiger partial charge in [0.05, 0.1) is 0 Å². The number of carbonyl (C=O) groups excluding carboxylic acids is 1. The number of ketones is 1. The molecule has 0 aliphatic heterocycles.